The summed E-state index contributed by atoms with van der Waals surface area (Å²) in [5, 5.41) is 9.33. The molecule has 4 rings (SSSR count). The van der Waals surface area contributed by atoms with Gasteiger partial charge in [-0.05, 0) is 32.2 Å². The Morgan fingerprint density at radius 3 is 2.87 bits per heavy atom. The van der Waals surface area contributed by atoms with E-state index in [0.29, 0.717) is 6.04 Å². The third kappa shape index (κ3) is 3.52. The number of aromatic nitrogens is 2. The molecule has 0 unspecified atom stereocenters. The lowest BCUT2D eigenvalue weighted by Gasteiger charge is -2.47. The summed E-state index contributed by atoms with van der Waals surface area (Å²) in [5.41, 5.74) is 2.06. The minimum atomic E-state index is 0.235. The Hall–Kier alpha value is -0.760. The Labute approximate surface area is 141 Å². The molecular formula is C16H26N4O2S. The molecule has 6 nitrogen and oxygen atoms in total. The molecule has 0 aromatic carbocycles. The second-order valence-electron chi connectivity index (χ2n) is 7.11. The minimum Gasteiger partial charge on any atom is -0.381 e. The van der Waals surface area contributed by atoms with Gasteiger partial charge in [0.05, 0.1) is 13.2 Å². The smallest absolute Gasteiger partial charge is 0.208 e. The number of anilines is 1. The van der Waals surface area contributed by atoms with Gasteiger partial charge in [0.15, 0.2) is 0 Å². The Kier molecular flexibility index (Phi) is 4.80. The molecule has 3 aliphatic heterocycles. The van der Waals surface area contributed by atoms with Crippen LogP contribution in [0.2, 0.25) is 0 Å². The highest BCUT2D eigenvalue weighted by Gasteiger charge is 2.41. The van der Waals surface area contributed by atoms with Crippen LogP contribution in [0.1, 0.15) is 25.7 Å². The van der Waals surface area contributed by atoms with Gasteiger partial charge in [0.25, 0.3) is 0 Å². The van der Waals surface area contributed by atoms with Gasteiger partial charge in [0.2, 0.25) is 5.13 Å². The molecule has 3 fully saturated rings. The van der Waals surface area contributed by atoms with E-state index >= 15 is 0 Å². The summed E-state index contributed by atoms with van der Waals surface area (Å²) in [4.78, 5) is 5.09. The molecule has 1 atom stereocenters. The van der Waals surface area contributed by atoms with E-state index in [-0.39, 0.29) is 5.41 Å². The molecule has 3 saturated heterocycles. The van der Waals surface area contributed by atoms with Crippen LogP contribution >= 0.6 is 11.3 Å². The standard InChI is InChI=1S/C16H26N4O2S/c1-4-16(10-19(5-1)14-2-7-21-8-3-14)11-20(6-9-22-12-16)15-18-17-13-23-15/h13-14H,1-12H2/t16-/m1/s1. The van der Waals surface area contributed by atoms with E-state index in [9.17, 15) is 0 Å². The fourth-order valence-corrected chi connectivity index (χ4v) is 4.90. The molecule has 23 heavy (non-hydrogen) atoms. The van der Waals surface area contributed by atoms with E-state index in [1.54, 1.807) is 11.3 Å². The predicted molar refractivity (Wildman–Crippen MR) is 90.0 cm³/mol. The molecule has 3 aliphatic rings. The lowest BCUT2D eigenvalue weighted by Crippen LogP contribution is -2.54. The van der Waals surface area contributed by atoms with Crippen LogP contribution in [0.4, 0.5) is 5.13 Å². The van der Waals surface area contributed by atoms with Gasteiger partial charge in [0, 0.05) is 44.3 Å². The van der Waals surface area contributed by atoms with Crippen LogP contribution in [0.5, 0.6) is 0 Å². The molecule has 4 heterocycles. The largest absolute Gasteiger partial charge is 0.381 e. The number of hydrogen-bond acceptors (Lipinski definition) is 7. The zero-order valence-electron chi connectivity index (χ0n) is 13.7. The first-order valence-electron chi connectivity index (χ1n) is 8.75. The molecule has 0 bridgehead atoms. The number of piperidine rings is 1. The van der Waals surface area contributed by atoms with Crippen LogP contribution in [-0.2, 0) is 9.47 Å². The average molecular weight is 338 g/mol. The average Bonchev–Trinajstić information content (AvgIpc) is 3.06. The summed E-state index contributed by atoms with van der Waals surface area (Å²) in [6.45, 7) is 7.85. The molecule has 0 saturated carbocycles. The van der Waals surface area contributed by atoms with Crippen molar-refractivity contribution in [3.05, 3.63) is 5.51 Å². The van der Waals surface area contributed by atoms with Crippen LogP contribution in [-0.4, -0.2) is 73.7 Å². The quantitative estimate of drug-likeness (QED) is 0.817. The first kappa shape index (κ1) is 15.7. The van der Waals surface area contributed by atoms with Gasteiger partial charge < -0.3 is 14.4 Å². The molecule has 0 radical (unpaired) electrons. The Balaban J connectivity index is 1.48. The summed E-state index contributed by atoms with van der Waals surface area (Å²) in [7, 11) is 0. The van der Waals surface area contributed by atoms with Gasteiger partial charge in [-0.15, -0.1) is 10.2 Å². The fraction of sp³-hybridized carbons (Fsp3) is 0.875. The Bertz CT molecular complexity index is 494. The van der Waals surface area contributed by atoms with Gasteiger partial charge in [0.1, 0.15) is 5.51 Å². The normalized spacial score (nSPS) is 31.4. The van der Waals surface area contributed by atoms with E-state index in [1.807, 2.05) is 5.51 Å². The van der Waals surface area contributed by atoms with Crippen molar-refractivity contribution in [2.75, 3.05) is 57.5 Å². The van der Waals surface area contributed by atoms with Crippen molar-refractivity contribution in [3.63, 3.8) is 0 Å². The lowest BCUT2D eigenvalue weighted by molar-refractivity contribution is -0.0283. The second kappa shape index (κ2) is 7.01. The van der Waals surface area contributed by atoms with E-state index in [0.717, 1.165) is 51.2 Å². The van der Waals surface area contributed by atoms with Crippen molar-refractivity contribution in [1.29, 1.82) is 0 Å². The predicted octanol–water partition coefficient (Wildman–Crippen LogP) is 1.64. The highest BCUT2D eigenvalue weighted by Crippen LogP contribution is 2.36. The summed E-state index contributed by atoms with van der Waals surface area (Å²) < 4.78 is 11.6. The summed E-state index contributed by atoms with van der Waals surface area (Å²) in [5.74, 6) is 0. The van der Waals surface area contributed by atoms with Gasteiger partial charge >= 0.3 is 0 Å². The van der Waals surface area contributed by atoms with Crippen molar-refractivity contribution >= 4 is 16.5 Å². The summed E-state index contributed by atoms with van der Waals surface area (Å²) >= 11 is 1.63. The highest BCUT2D eigenvalue weighted by molar-refractivity contribution is 7.13. The molecule has 7 heteroatoms. The van der Waals surface area contributed by atoms with Crippen LogP contribution in [0.15, 0.2) is 5.51 Å². The lowest BCUT2D eigenvalue weighted by atomic mass is 9.79. The van der Waals surface area contributed by atoms with Crippen LogP contribution in [0.3, 0.4) is 0 Å². The minimum absolute atomic E-state index is 0.235. The molecule has 0 N–H and O–H groups in total. The molecule has 1 aromatic heterocycles. The Morgan fingerprint density at radius 2 is 2.04 bits per heavy atom. The number of likely N-dealkylation sites (tertiary alicyclic amines) is 1. The van der Waals surface area contributed by atoms with E-state index in [4.69, 9.17) is 9.47 Å². The van der Waals surface area contributed by atoms with Crippen molar-refractivity contribution in [3.8, 4) is 0 Å². The van der Waals surface area contributed by atoms with E-state index < -0.39 is 0 Å². The van der Waals surface area contributed by atoms with Gasteiger partial charge in [-0.1, -0.05) is 11.3 Å². The molecule has 1 spiro atoms. The summed E-state index contributed by atoms with van der Waals surface area (Å²) in [6.07, 6.45) is 4.88. The van der Waals surface area contributed by atoms with Crippen molar-refractivity contribution in [2.45, 2.75) is 31.7 Å². The maximum absolute atomic E-state index is 6.02. The monoisotopic (exact) mass is 338 g/mol. The number of ether oxygens (including phenoxy) is 2. The fourth-order valence-electron chi connectivity index (χ4n) is 4.32. The molecule has 128 valence electrons. The molecular weight excluding hydrogens is 312 g/mol. The third-order valence-electron chi connectivity index (χ3n) is 5.46. The number of rotatable bonds is 2. The topological polar surface area (TPSA) is 50.7 Å². The highest BCUT2D eigenvalue weighted by atomic mass is 32.1. The Morgan fingerprint density at radius 1 is 1.13 bits per heavy atom. The van der Waals surface area contributed by atoms with Crippen molar-refractivity contribution in [2.24, 2.45) is 5.41 Å². The zero-order valence-corrected chi connectivity index (χ0v) is 14.5. The zero-order chi connectivity index (χ0) is 15.5. The molecule has 0 amide bonds. The maximum Gasteiger partial charge on any atom is 0.208 e. The van der Waals surface area contributed by atoms with Crippen LogP contribution < -0.4 is 4.90 Å². The van der Waals surface area contributed by atoms with E-state index in [1.165, 1.54) is 32.2 Å². The van der Waals surface area contributed by atoms with Gasteiger partial charge in [-0.2, -0.15) is 0 Å². The van der Waals surface area contributed by atoms with Gasteiger partial charge in [-0.3, -0.25) is 4.90 Å². The van der Waals surface area contributed by atoms with Crippen molar-refractivity contribution < 1.29 is 9.47 Å². The number of nitrogens with zero attached hydrogens (tertiary/aromatic N) is 4. The van der Waals surface area contributed by atoms with Gasteiger partial charge in [-0.25, -0.2) is 0 Å². The van der Waals surface area contributed by atoms with Crippen molar-refractivity contribution in [1.82, 2.24) is 15.1 Å². The van der Waals surface area contributed by atoms with Crippen LogP contribution in [0.25, 0.3) is 0 Å². The maximum atomic E-state index is 6.02. The van der Waals surface area contributed by atoms with Crippen LogP contribution in [0, 0.1) is 5.41 Å². The first-order valence-corrected chi connectivity index (χ1v) is 9.63. The van der Waals surface area contributed by atoms with E-state index in [2.05, 4.69) is 20.0 Å². The third-order valence-corrected chi connectivity index (χ3v) is 6.21. The summed E-state index contributed by atoms with van der Waals surface area (Å²) in [6, 6.07) is 0.694. The molecule has 0 aliphatic carbocycles. The number of hydrogen-bond donors (Lipinski definition) is 0. The first-order chi connectivity index (χ1) is 11.3. The molecule has 1 aromatic rings. The second-order valence-corrected chi connectivity index (χ2v) is 7.92. The SMILES string of the molecule is c1nnc(N2CCOC[C@@]3(CCCN(C4CCOCC4)C3)C2)s1.